The molecule has 0 heterocycles. The molecule has 2 aromatic rings. The van der Waals surface area contributed by atoms with E-state index in [4.69, 9.17) is 0 Å². The quantitative estimate of drug-likeness (QED) is 0.464. The Balaban J connectivity index is 2.74. The Morgan fingerprint density at radius 1 is 0.581 bits per heavy atom. The summed E-state index contributed by atoms with van der Waals surface area (Å²) in [5, 5.41) is 0. The first-order valence-corrected chi connectivity index (χ1v) is 12.1. The first-order chi connectivity index (χ1) is 13.8. The van der Waals surface area contributed by atoms with Gasteiger partial charge in [-0.2, -0.15) is 0 Å². The monoisotopic (exact) mass is 420 g/mol. The Hall–Kier alpha value is -1.56. The lowest BCUT2D eigenvalue weighted by Gasteiger charge is -2.35. The highest BCUT2D eigenvalue weighted by Crippen LogP contribution is 2.41. The summed E-state index contributed by atoms with van der Waals surface area (Å²) < 4.78 is 0. The van der Waals surface area contributed by atoms with Gasteiger partial charge in [0.05, 0.1) is 0 Å². The normalized spacial score (nSPS) is 14.6. The first kappa shape index (κ1) is 25.7. The van der Waals surface area contributed by atoms with Crippen LogP contribution < -0.4 is 0 Å². The third-order valence-electron chi connectivity index (χ3n) is 6.54. The minimum atomic E-state index is 0.111. The van der Waals surface area contributed by atoms with Crippen molar-refractivity contribution in [3.8, 4) is 0 Å². The summed E-state index contributed by atoms with van der Waals surface area (Å²) in [4.78, 5) is 0. The molecular formula is C31H48. The smallest absolute Gasteiger partial charge is 0.0129 e. The molecule has 0 radical (unpaired) electrons. The maximum atomic E-state index is 2.51. The number of hydrogen-bond donors (Lipinski definition) is 0. The second-order valence-corrected chi connectivity index (χ2v) is 13.7. The Morgan fingerprint density at radius 2 is 1.00 bits per heavy atom. The zero-order chi connectivity index (χ0) is 24.0. The average Bonchev–Trinajstić information content (AvgIpc) is 2.58. The zero-order valence-corrected chi connectivity index (χ0v) is 22.7. The van der Waals surface area contributed by atoms with E-state index in [2.05, 4.69) is 126 Å². The Kier molecular flexibility index (Phi) is 6.98. The van der Waals surface area contributed by atoms with Crippen molar-refractivity contribution in [3.63, 3.8) is 0 Å². The molecule has 0 saturated carbocycles. The first-order valence-electron chi connectivity index (χ1n) is 12.1. The molecule has 0 amide bonds. The minimum Gasteiger partial charge on any atom is -0.0620 e. The van der Waals surface area contributed by atoms with Gasteiger partial charge in [-0.3, -0.25) is 0 Å². The summed E-state index contributed by atoms with van der Waals surface area (Å²) in [5.41, 5.74) is 9.54. The molecule has 172 valence electrons. The second-order valence-electron chi connectivity index (χ2n) is 13.7. The van der Waals surface area contributed by atoms with Gasteiger partial charge in [0.25, 0.3) is 0 Å². The molecular weight excluding hydrogens is 372 g/mol. The van der Waals surface area contributed by atoms with Crippen LogP contribution >= 0.6 is 0 Å². The summed E-state index contributed by atoms with van der Waals surface area (Å²) in [5.74, 6) is 0.470. The van der Waals surface area contributed by atoms with Crippen molar-refractivity contribution in [1.82, 2.24) is 0 Å². The fourth-order valence-corrected chi connectivity index (χ4v) is 4.69. The van der Waals surface area contributed by atoms with E-state index in [1.807, 2.05) is 0 Å². The largest absolute Gasteiger partial charge is 0.0620 e. The van der Waals surface area contributed by atoms with Crippen LogP contribution in [0.3, 0.4) is 0 Å². The lowest BCUT2D eigenvalue weighted by atomic mass is 9.70. The van der Waals surface area contributed by atoms with Gasteiger partial charge in [0, 0.05) is 0 Å². The number of hydrogen-bond acceptors (Lipinski definition) is 0. The SMILES string of the molecule is CC(Cc1c(C(C)(C)C)cc(C(C)(C)C)cc1C(C)(C)C)c1ccccc1C(C)(C)C. The maximum absolute atomic E-state index is 2.51. The fourth-order valence-electron chi connectivity index (χ4n) is 4.69. The molecule has 0 aliphatic carbocycles. The van der Waals surface area contributed by atoms with Crippen molar-refractivity contribution in [2.45, 2.75) is 124 Å². The molecule has 0 spiro atoms. The number of rotatable bonds is 3. The van der Waals surface area contributed by atoms with Crippen LogP contribution in [0, 0.1) is 0 Å². The summed E-state index contributed by atoms with van der Waals surface area (Å²) in [6, 6.07) is 14.1. The molecule has 2 aromatic carbocycles. The Labute approximate surface area is 193 Å². The second kappa shape index (κ2) is 8.42. The van der Waals surface area contributed by atoms with Crippen LogP contribution in [0.4, 0.5) is 0 Å². The summed E-state index contributed by atoms with van der Waals surface area (Å²) in [6.07, 6.45) is 1.08. The highest BCUT2D eigenvalue weighted by Gasteiger charge is 2.30. The van der Waals surface area contributed by atoms with E-state index >= 15 is 0 Å². The lowest BCUT2D eigenvalue weighted by Crippen LogP contribution is -2.25. The average molecular weight is 421 g/mol. The highest BCUT2D eigenvalue weighted by atomic mass is 14.3. The van der Waals surface area contributed by atoms with Gasteiger partial charge in [-0.1, -0.05) is 126 Å². The molecule has 0 aromatic heterocycles. The molecule has 1 atom stereocenters. The molecule has 0 N–H and O–H groups in total. The van der Waals surface area contributed by atoms with Gasteiger partial charge in [-0.25, -0.2) is 0 Å². The Morgan fingerprint density at radius 3 is 1.39 bits per heavy atom. The van der Waals surface area contributed by atoms with Gasteiger partial charge in [0.1, 0.15) is 0 Å². The van der Waals surface area contributed by atoms with E-state index in [0.29, 0.717) is 5.92 Å². The van der Waals surface area contributed by atoms with Gasteiger partial charge >= 0.3 is 0 Å². The Bertz CT molecular complexity index is 864. The topological polar surface area (TPSA) is 0 Å². The van der Waals surface area contributed by atoms with Crippen molar-refractivity contribution in [1.29, 1.82) is 0 Å². The molecule has 0 fully saturated rings. The van der Waals surface area contributed by atoms with Gasteiger partial charge in [-0.15, -0.1) is 0 Å². The highest BCUT2D eigenvalue weighted by molar-refractivity contribution is 5.49. The van der Waals surface area contributed by atoms with Crippen LogP contribution in [0.1, 0.15) is 129 Å². The van der Waals surface area contributed by atoms with Crippen LogP contribution in [-0.2, 0) is 28.1 Å². The van der Waals surface area contributed by atoms with E-state index in [-0.39, 0.29) is 21.7 Å². The summed E-state index contributed by atoms with van der Waals surface area (Å²) >= 11 is 0. The molecule has 1 unspecified atom stereocenters. The van der Waals surface area contributed by atoms with Gasteiger partial charge in [-0.05, 0) is 67.4 Å². The van der Waals surface area contributed by atoms with Crippen molar-refractivity contribution in [2.24, 2.45) is 0 Å². The van der Waals surface area contributed by atoms with Crippen LogP contribution in [-0.4, -0.2) is 0 Å². The van der Waals surface area contributed by atoms with E-state index < -0.39 is 0 Å². The zero-order valence-electron chi connectivity index (χ0n) is 22.7. The van der Waals surface area contributed by atoms with Crippen LogP contribution in [0.15, 0.2) is 36.4 Å². The van der Waals surface area contributed by atoms with Crippen molar-refractivity contribution in [2.75, 3.05) is 0 Å². The van der Waals surface area contributed by atoms with E-state index in [1.54, 1.807) is 5.56 Å². The van der Waals surface area contributed by atoms with Crippen molar-refractivity contribution < 1.29 is 0 Å². The summed E-state index contributed by atoms with van der Waals surface area (Å²) in [7, 11) is 0. The standard InChI is InChI=1S/C31H48/c1-21(23-16-14-15-17-25(23)29(5,6)7)18-24-26(30(8,9)10)19-22(28(2,3)4)20-27(24)31(11,12)13/h14-17,19-21H,18H2,1-13H3. The molecule has 0 aliphatic rings. The van der Waals surface area contributed by atoms with Crippen molar-refractivity contribution >= 4 is 0 Å². The van der Waals surface area contributed by atoms with Crippen LogP contribution in [0.5, 0.6) is 0 Å². The molecule has 0 saturated heterocycles. The van der Waals surface area contributed by atoms with Gasteiger partial charge < -0.3 is 0 Å². The fraction of sp³-hybridized carbons (Fsp3) is 0.613. The third kappa shape index (κ3) is 6.03. The molecule has 0 bridgehead atoms. The lowest BCUT2D eigenvalue weighted by molar-refractivity contribution is 0.529. The molecule has 2 rings (SSSR count). The molecule has 31 heavy (non-hydrogen) atoms. The predicted octanol–water partition coefficient (Wildman–Crippen LogP) is 9.22. The molecule has 0 heteroatoms. The third-order valence-corrected chi connectivity index (χ3v) is 6.54. The van der Waals surface area contributed by atoms with Crippen LogP contribution in [0.2, 0.25) is 0 Å². The molecule has 0 aliphatic heterocycles. The predicted molar refractivity (Wildman–Crippen MR) is 140 cm³/mol. The summed E-state index contributed by atoms with van der Waals surface area (Å²) in [6.45, 7) is 30.7. The van der Waals surface area contributed by atoms with Crippen LogP contribution in [0.25, 0.3) is 0 Å². The maximum Gasteiger partial charge on any atom is -0.0129 e. The number of benzene rings is 2. The van der Waals surface area contributed by atoms with E-state index in [9.17, 15) is 0 Å². The molecule has 0 nitrogen and oxygen atoms in total. The minimum absolute atomic E-state index is 0.111. The van der Waals surface area contributed by atoms with Gasteiger partial charge in [0.15, 0.2) is 0 Å². The van der Waals surface area contributed by atoms with Crippen molar-refractivity contribution in [3.05, 3.63) is 69.8 Å². The van der Waals surface area contributed by atoms with E-state index in [1.165, 1.54) is 27.8 Å². The van der Waals surface area contributed by atoms with E-state index in [0.717, 1.165) is 6.42 Å². The van der Waals surface area contributed by atoms with Gasteiger partial charge in [0.2, 0.25) is 0 Å².